The maximum absolute atomic E-state index is 11.7. The molecule has 0 amide bonds. The lowest BCUT2D eigenvalue weighted by Crippen LogP contribution is -2.21. The predicted molar refractivity (Wildman–Crippen MR) is 74.7 cm³/mol. The minimum absolute atomic E-state index is 0.0495. The van der Waals surface area contributed by atoms with E-state index in [1.54, 1.807) is 0 Å². The summed E-state index contributed by atoms with van der Waals surface area (Å²) in [6.45, 7) is 2.04. The van der Waals surface area contributed by atoms with Gasteiger partial charge in [-0.15, -0.1) is 0 Å². The molecule has 1 heterocycles. The predicted octanol–water partition coefficient (Wildman–Crippen LogP) is 4.09. The van der Waals surface area contributed by atoms with Crippen LogP contribution in [-0.4, -0.2) is 5.97 Å². The van der Waals surface area contributed by atoms with E-state index < -0.39 is 0 Å². The molecule has 0 fully saturated rings. The molecule has 0 N–H and O–H groups in total. The topological polar surface area (TPSA) is 26.3 Å². The average molecular weight is 273 g/mol. The van der Waals surface area contributed by atoms with Crippen LogP contribution in [0.4, 0.5) is 0 Å². The summed E-state index contributed by atoms with van der Waals surface area (Å²) in [6, 6.07) is 13.6. The summed E-state index contributed by atoms with van der Waals surface area (Å²) in [5, 5.41) is 0.701. The number of aryl methyl sites for hydroxylation is 1. The Kier molecular flexibility index (Phi) is 3.03. The first-order valence-electron chi connectivity index (χ1n) is 6.20. The van der Waals surface area contributed by atoms with Gasteiger partial charge in [-0.1, -0.05) is 41.4 Å². The third-order valence-corrected chi connectivity index (χ3v) is 3.66. The van der Waals surface area contributed by atoms with Crippen LogP contribution in [-0.2, 0) is 4.79 Å². The first-order chi connectivity index (χ1) is 9.13. The molecule has 0 aliphatic carbocycles. The van der Waals surface area contributed by atoms with Crippen LogP contribution in [0.25, 0.3) is 0 Å². The van der Waals surface area contributed by atoms with Gasteiger partial charge in [0.2, 0.25) is 0 Å². The largest absolute Gasteiger partial charge is 0.426 e. The Morgan fingerprint density at radius 1 is 1.16 bits per heavy atom. The van der Waals surface area contributed by atoms with Crippen molar-refractivity contribution < 1.29 is 9.53 Å². The summed E-state index contributed by atoms with van der Waals surface area (Å²) in [5.41, 5.74) is 3.32. The maximum atomic E-state index is 11.7. The van der Waals surface area contributed by atoms with Crippen molar-refractivity contribution in [2.24, 2.45) is 0 Å². The van der Waals surface area contributed by atoms with E-state index in [9.17, 15) is 4.79 Å². The van der Waals surface area contributed by atoms with E-state index in [1.165, 1.54) is 0 Å². The fraction of sp³-hybridized carbons (Fsp3) is 0.188. The Morgan fingerprint density at radius 2 is 1.89 bits per heavy atom. The second kappa shape index (κ2) is 4.71. The normalized spacial score (nSPS) is 17.8. The Bertz CT molecular complexity index is 632. The van der Waals surface area contributed by atoms with Gasteiger partial charge >= 0.3 is 5.97 Å². The SMILES string of the molecule is Cc1ccc2c(c1)[C@@H](c1ccc(Cl)cc1)CC(=O)O2. The van der Waals surface area contributed by atoms with E-state index in [2.05, 4.69) is 6.07 Å². The zero-order valence-corrected chi connectivity index (χ0v) is 11.3. The number of benzene rings is 2. The lowest BCUT2D eigenvalue weighted by atomic mass is 9.86. The quantitative estimate of drug-likeness (QED) is 0.577. The molecule has 3 rings (SSSR count). The van der Waals surface area contributed by atoms with Crippen LogP contribution >= 0.6 is 11.6 Å². The zero-order valence-electron chi connectivity index (χ0n) is 10.5. The average Bonchev–Trinajstić information content (AvgIpc) is 2.39. The minimum Gasteiger partial charge on any atom is -0.426 e. The molecule has 19 heavy (non-hydrogen) atoms. The molecule has 1 aliphatic heterocycles. The molecular weight excluding hydrogens is 260 g/mol. The standard InChI is InChI=1S/C16H13ClO2/c1-10-2-7-15-14(8-10)13(9-16(18)19-15)11-3-5-12(17)6-4-11/h2-8,13H,9H2,1H3/t13-/m1/s1. The van der Waals surface area contributed by atoms with Crippen molar-refractivity contribution >= 4 is 17.6 Å². The lowest BCUT2D eigenvalue weighted by molar-refractivity contribution is -0.135. The number of ether oxygens (including phenoxy) is 1. The van der Waals surface area contributed by atoms with E-state index in [0.717, 1.165) is 16.7 Å². The first kappa shape index (κ1) is 12.2. The number of hydrogen-bond acceptors (Lipinski definition) is 2. The van der Waals surface area contributed by atoms with E-state index in [1.807, 2.05) is 43.3 Å². The number of halogens is 1. The highest BCUT2D eigenvalue weighted by Crippen LogP contribution is 2.39. The third kappa shape index (κ3) is 2.36. The van der Waals surface area contributed by atoms with Gasteiger partial charge in [-0.05, 0) is 30.7 Å². The molecule has 2 aromatic carbocycles. The van der Waals surface area contributed by atoms with Gasteiger partial charge in [-0.25, -0.2) is 0 Å². The Balaban J connectivity index is 2.09. The van der Waals surface area contributed by atoms with Gasteiger partial charge in [0.1, 0.15) is 5.75 Å². The molecule has 0 bridgehead atoms. The highest BCUT2D eigenvalue weighted by Gasteiger charge is 2.28. The first-order valence-corrected chi connectivity index (χ1v) is 6.58. The molecule has 1 aliphatic rings. The summed E-state index contributed by atoms with van der Waals surface area (Å²) in [4.78, 5) is 11.7. The van der Waals surface area contributed by atoms with Gasteiger partial charge < -0.3 is 4.74 Å². The minimum atomic E-state index is -0.184. The van der Waals surface area contributed by atoms with Gasteiger partial charge in [0.05, 0.1) is 6.42 Å². The molecule has 0 saturated heterocycles. The zero-order chi connectivity index (χ0) is 13.4. The van der Waals surface area contributed by atoms with E-state index in [4.69, 9.17) is 16.3 Å². The van der Waals surface area contributed by atoms with Crippen LogP contribution in [0.5, 0.6) is 5.75 Å². The number of rotatable bonds is 1. The Morgan fingerprint density at radius 3 is 2.63 bits per heavy atom. The maximum Gasteiger partial charge on any atom is 0.312 e. The lowest BCUT2D eigenvalue weighted by Gasteiger charge is -2.25. The van der Waals surface area contributed by atoms with Crippen molar-refractivity contribution in [2.75, 3.05) is 0 Å². The molecule has 3 heteroatoms. The van der Waals surface area contributed by atoms with Crippen molar-refractivity contribution in [1.82, 2.24) is 0 Å². The molecule has 0 saturated carbocycles. The summed E-state index contributed by atoms with van der Waals surface area (Å²) in [6.07, 6.45) is 0.373. The van der Waals surface area contributed by atoms with E-state index >= 15 is 0 Å². The summed E-state index contributed by atoms with van der Waals surface area (Å²) < 4.78 is 5.30. The van der Waals surface area contributed by atoms with Crippen molar-refractivity contribution in [3.05, 3.63) is 64.2 Å². The van der Waals surface area contributed by atoms with Gasteiger partial charge in [0.15, 0.2) is 0 Å². The molecule has 96 valence electrons. The second-order valence-electron chi connectivity index (χ2n) is 4.82. The monoisotopic (exact) mass is 272 g/mol. The van der Waals surface area contributed by atoms with Crippen LogP contribution < -0.4 is 4.74 Å². The fourth-order valence-corrected chi connectivity index (χ4v) is 2.59. The Labute approximate surface area is 117 Å². The molecule has 0 spiro atoms. The van der Waals surface area contributed by atoms with Crippen LogP contribution in [0.3, 0.4) is 0 Å². The van der Waals surface area contributed by atoms with Crippen LogP contribution in [0.2, 0.25) is 5.02 Å². The number of fused-ring (bicyclic) bond motifs is 1. The van der Waals surface area contributed by atoms with Crippen LogP contribution in [0, 0.1) is 6.92 Å². The molecule has 0 radical (unpaired) electrons. The van der Waals surface area contributed by atoms with Crippen LogP contribution in [0.15, 0.2) is 42.5 Å². The molecule has 2 nitrogen and oxygen atoms in total. The molecular formula is C16H13ClO2. The molecule has 0 unspecified atom stereocenters. The molecule has 2 aromatic rings. The number of carbonyl (C=O) groups excluding carboxylic acids is 1. The summed E-state index contributed by atoms with van der Waals surface area (Å²) >= 11 is 5.91. The van der Waals surface area contributed by atoms with Crippen LogP contribution in [0.1, 0.15) is 29.0 Å². The van der Waals surface area contributed by atoms with Gasteiger partial charge in [-0.2, -0.15) is 0 Å². The molecule has 1 atom stereocenters. The number of esters is 1. The van der Waals surface area contributed by atoms with Crippen molar-refractivity contribution in [1.29, 1.82) is 0 Å². The van der Waals surface area contributed by atoms with Crippen molar-refractivity contribution in [3.63, 3.8) is 0 Å². The third-order valence-electron chi connectivity index (χ3n) is 3.41. The summed E-state index contributed by atoms with van der Waals surface area (Å²) in [7, 11) is 0. The van der Waals surface area contributed by atoms with Crippen molar-refractivity contribution in [3.8, 4) is 5.75 Å². The Hall–Kier alpha value is -1.80. The van der Waals surface area contributed by atoms with Crippen molar-refractivity contribution in [2.45, 2.75) is 19.3 Å². The molecule has 0 aromatic heterocycles. The van der Waals surface area contributed by atoms with Gasteiger partial charge in [-0.3, -0.25) is 4.79 Å². The van der Waals surface area contributed by atoms with E-state index in [-0.39, 0.29) is 11.9 Å². The fourth-order valence-electron chi connectivity index (χ4n) is 2.47. The number of carbonyl (C=O) groups is 1. The summed E-state index contributed by atoms with van der Waals surface area (Å²) in [5.74, 6) is 0.534. The van der Waals surface area contributed by atoms with E-state index in [0.29, 0.717) is 17.2 Å². The highest BCUT2D eigenvalue weighted by atomic mass is 35.5. The van der Waals surface area contributed by atoms with Gasteiger partial charge in [0, 0.05) is 16.5 Å². The second-order valence-corrected chi connectivity index (χ2v) is 5.26. The van der Waals surface area contributed by atoms with Gasteiger partial charge in [0.25, 0.3) is 0 Å². The highest BCUT2D eigenvalue weighted by molar-refractivity contribution is 6.30. The smallest absolute Gasteiger partial charge is 0.312 e. The number of hydrogen-bond donors (Lipinski definition) is 0.